The quantitative estimate of drug-likeness (QED) is 0.673. The lowest BCUT2D eigenvalue weighted by Crippen LogP contribution is -2.21. The fourth-order valence-corrected chi connectivity index (χ4v) is 2.51. The summed E-state index contributed by atoms with van der Waals surface area (Å²) in [5.74, 6) is 0.406. The number of ether oxygens (including phenoxy) is 2. The molecule has 0 saturated heterocycles. The third-order valence-electron chi connectivity index (χ3n) is 3.48. The first kappa shape index (κ1) is 12.5. The molecule has 3 rings (SSSR count). The minimum absolute atomic E-state index is 0.0464. The van der Waals surface area contributed by atoms with Gasteiger partial charge in [-0.05, 0) is 11.6 Å². The summed E-state index contributed by atoms with van der Waals surface area (Å²) in [6, 6.07) is 12.9. The largest absolute Gasteiger partial charge is 0.504 e. The molecule has 0 saturated carbocycles. The van der Waals surface area contributed by atoms with E-state index < -0.39 is 0 Å². The predicted molar refractivity (Wildman–Crippen MR) is 73.2 cm³/mol. The Hall–Kier alpha value is -2.49. The average Bonchev–Trinajstić information content (AvgIpc) is 2.47. The molecular formula is C16H14O4. The van der Waals surface area contributed by atoms with E-state index in [-0.39, 0.29) is 24.1 Å². The molecule has 0 fully saturated rings. The smallest absolute Gasteiger partial charge is 0.312 e. The molecule has 2 aromatic carbocycles. The molecule has 0 aromatic heterocycles. The highest BCUT2D eigenvalue weighted by atomic mass is 16.5. The highest BCUT2D eigenvalue weighted by Crippen LogP contribution is 2.43. The summed E-state index contributed by atoms with van der Waals surface area (Å²) in [5.41, 5.74) is 1.82. The number of methoxy groups -OCH3 is 1. The maximum atomic E-state index is 11.8. The van der Waals surface area contributed by atoms with E-state index >= 15 is 0 Å². The van der Waals surface area contributed by atoms with Gasteiger partial charge < -0.3 is 14.6 Å². The topological polar surface area (TPSA) is 55.8 Å². The minimum atomic E-state index is -0.279. The molecule has 0 spiro atoms. The number of hydrogen-bond acceptors (Lipinski definition) is 4. The van der Waals surface area contributed by atoms with Crippen LogP contribution in [0.5, 0.6) is 17.2 Å². The van der Waals surface area contributed by atoms with E-state index in [0.29, 0.717) is 11.5 Å². The SMILES string of the molecule is COc1cc2c(cc1O)[C@@H](c1ccccc1)CC(=O)O2. The number of rotatable bonds is 2. The van der Waals surface area contributed by atoms with Crippen molar-refractivity contribution in [3.05, 3.63) is 53.6 Å². The highest BCUT2D eigenvalue weighted by molar-refractivity contribution is 5.78. The van der Waals surface area contributed by atoms with Crippen molar-refractivity contribution in [2.45, 2.75) is 12.3 Å². The van der Waals surface area contributed by atoms with Crippen molar-refractivity contribution in [3.8, 4) is 17.2 Å². The van der Waals surface area contributed by atoms with Gasteiger partial charge in [-0.15, -0.1) is 0 Å². The Morgan fingerprint density at radius 3 is 2.70 bits per heavy atom. The van der Waals surface area contributed by atoms with E-state index in [1.165, 1.54) is 7.11 Å². The van der Waals surface area contributed by atoms with Crippen LogP contribution in [0.15, 0.2) is 42.5 Å². The summed E-state index contributed by atoms with van der Waals surface area (Å²) in [6.07, 6.45) is 0.267. The summed E-state index contributed by atoms with van der Waals surface area (Å²) >= 11 is 0. The first-order chi connectivity index (χ1) is 9.69. The number of fused-ring (bicyclic) bond motifs is 1. The molecule has 102 valence electrons. The molecule has 2 aromatic rings. The predicted octanol–water partition coefficient (Wildman–Crippen LogP) is 2.84. The minimum Gasteiger partial charge on any atom is -0.504 e. The van der Waals surface area contributed by atoms with E-state index in [4.69, 9.17) is 9.47 Å². The zero-order valence-corrected chi connectivity index (χ0v) is 11.0. The van der Waals surface area contributed by atoms with Gasteiger partial charge in [0, 0.05) is 17.5 Å². The van der Waals surface area contributed by atoms with Gasteiger partial charge in [0.1, 0.15) is 5.75 Å². The molecule has 0 amide bonds. The van der Waals surface area contributed by atoms with Crippen molar-refractivity contribution in [1.82, 2.24) is 0 Å². The van der Waals surface area contributed by atoms with Crippen molar-refractivity contribution < 1.29 is 19.4 Å². The molecule has 4 nitrogen and oxygen atoms in total. The molecule has 20 heavy (non-hydrogen) atoms. The number of hydrogen-bond donors (Lipinski definition) is 1. The second-order valence-corrected chi connectivity index (χ2v) is 4.70. The number of phenolic OH excluding ortho intramolecular Hbond substituents is 1. The summed E-state index contributed by atoms with van der Waals surface area (Å²) in [5, 5.41) is 9.93. The second-order valence-electron chi connectivity index (χ2n) is 4.70. The van der Waals surface area contributed by atoms with Gasteiger partial charge in [-0.1, -0.05) is 30.3 Å². The Kier molecular flexibility index (Phi) is 3.06. The molecule has 0 radical (unpaired) electrons. The van der Waals surface area contributed by atoms with Crippen molar-refractivity contribution in [2.24, 2.45) is 0 Å². The number of esters is 1. The Morgan fingerprint density at radius 2 is 2.00 bits per heavy atom. The lowest BCUT2D eigenvalue weighted by atomic mass is 9.86. The van der Waals surface area contributed by atoms with Crippen LogP contribution < -0.4 is 9.47 Å². The monoisotopic (exact) mass is 270 g/mol. The van der Waals surface area contributed by atoms with Crippen LogP contribution in [0.25, 0.3) is 0 Å². The van der Waals surface area contributed by atoms with Gasteiger partial charge in [-0.2, -0.15) is 0 Å². The molecule has 1 aliphatic rings. The van der Waals surface area contributed by atoms with Gasteiger partial charge in [0.05, 0.1) is 13.5 Å². The standard InChI is InChI=1S/C16H14O4/c1-19-15-9-14-12(7-13(15)17)11(8-16(18)20-14)10-5-3-2-4-6-10/h2-7,9,11,17H,8H2,1H3/t11-/m1/s1. The van der Waals surface area contributed by atoms with Crippen LogP contribution >= 0.6 is 0 Å². The van der Waals surface area contributed by atoms with Gasteiger partial charge in [0.2, 0.25) is 0 Å². The number of carbonyl (C=O) groups excluding carboxylic acids is 1. The van der Waals surface area contributed by atoms with Crippen molar-refractivity contribution in [3.63, 3.8) is 0 Å². The molecule has 0 unspecified atom stereocenters. The van der Waals surface area contributed by atoms with Crippen molar-refractivity contribution in [1.29, 1.82) is 0 Å². The Balaban J connectivity index is 2.12. The molecule has 1 atom stereocenters. The second kappa shape index (κ2) is 4.89. The summed E-state index contributed by atoms with van der Waals surface area (Å²) in [7, 11) is 1.46. The summed E-state index contributed by atoms with van der Waals surface area (Å²) in [6.45, 7) is 0. The Bertz CT molecular complexity index is 649. The zero-order chi connectivity index (χ0) is 14.1. The molecular weight excluding hydrogens is 256 g/mol. The maximum Gasteiger partial charge on any atom is 0.312 e. The Labute approximate surface area is 116 Å². The number of phenols is 1. The Morgan fingerprint density at radius 1 is 1.25 bits per heavy atom. The molecule has 0 bridgehead atoms. The zero-order valence-electron chi connectivity index (χ0n) is 11.0. The van der Waals surface area contributed by atoms with Gasteiger partial charge in [-0.3, -0.25) is 4.79 Å². The molecule has 1 heterocycles. The lowest BCUT2D eigenvalue weighted by molar-refractivity contribution is -0.135. The van der Waals surface area contributed by atoms with Gasteiger partial charge in [0.25, 0.3) is 0 Å². The van der Waals surface area contributed by atoms with Crippen LogP contribution in [0.3, 0.4) is 0 Å². The number of benzene rings is 2. The maximum absolute atomic E-state index is 11.8. The summed E-state index contributed by atoms with van der Waals surface area (Å²) < 4.78 is 10.3. The van der Waals surface area contributed by atoms with Crippen LogP contribution in [0.2, 0.25) is 0 Å². The van der Waals surface area contributed by atoms with Gasteiger partial charge >= 0.3 is 5.97 Å². The molecule has 0 aliphatic carbocycles. The highest BCUT2D eigenvalue weighted by Gasteiger charge is 2.29. The number of carbonyl (C=O) groups is 1. The first-order valence-electron chi connectivity index (χ1n) is 6.35. The fraction of sp³-hybridized carbons (Fsp3) is 0.188. The lowest BCUT2D eigenvalue weighted by Gasteiger charge is -2.25. The third kappa shape index (κ3) is 2.09. The van der Waals surface area contributed by atoms with Crippen molar-refractivity contribution in [2.75, 3.05) is 7.11 Å². The molecule has 4 heteroatoms. The van der Waals surface area contributed by atoms with Gasteiger partial charge in [-0.25, -0.2) is 0 Å². The first-order valence-corrected chi connectivity index (χ1v) is 6.35. The van der Waals surface area contributed by atoms with Crippen LogP contribution in [0, 0.1) is 0 Å². The number of aromatic hydroxyl groups is 1. The van der Waals surface area contributed by atoms with Crippen molar-refractivity contribution >= 4 is 5.97 Å². The normalized spacial score (nSPS) is 17.2. The van der Waals surface area contributed by atoms with Crippen LogP contribution in [0.1, 0.15) is 23.5 Å². The van der Waals surface area contributed by atoms with Crippen LogP contribution in [0.4, 0.5) is 0 Å². The molecule has 1 N–H and O–H groups in total. The van der Waals surface area contributed by atoms with E-state index in [9.17, 15) is 9.90 Å². The fourth-order valence-electron chi connectivity index (χ4n) is 2.51. The van der Waals surface area contributed by atoms with E-state index in [2.05, 4.69) is 0 Å². The van der Waals surface area contributed by atoms with Gasteiger partial charge in [0.15, 0.2) is 11.5 Å². The molecule has 1 aliphatic heterocycles. The van der Waals surface area contributed by atoms with Crippen LogP contribution in [-0.4, -0.2) is 18.2 Å². The average molecular weight is 270 g/mol. The summed E-state index contributed by atoms with van der Waals surface area (Å²) in [4.78, 5) is 11.8. The van der Waals surface area contributed by atoms with E-state index in [0.717, 1.165) is 11.1 Å². The third-order valence-corrected chi connectivity index (χ3v) is 3.48. The van der Waals surface area contributed by atoms with E-state index in [1.54, 1.807) is 12.1 Å². The van der Waals surface area contributed by atoms with E-state index in [1.807, 2.05) is 30.3 Å². The van der Waals surface area contributed by atoms with Crippen LogP contribution in [-0.2, 0) is 4.79 Å².